The van der Waals surface area contributed by atoms with Gasteiger partial charge in [0, 0.05) is 40.1 Å². The van der Waals surface area contributed by atoms with Crippen molar-refractivity contribution < 1.29 is 14.7 Å². The summed E-state index contributed by atoms with van der Waals surface area (Å²) < 4.78 is 0.654. The van der Waals surface area contributed by atoms with E-state index in [1.165, 1.54) is 6.20 Å². The number of carboxylic acids is 1. The number of aromatic nitrogens is 1. The van der Waals surface area contributed by atoms with Crippen molar-refractivity contribution in [1.82, 2.24) is 9.88 Å². The maximum atomic E-state index is 13.3. The minimum atomic E-state index is -1.26. The highest BCUT2D eigenvalue weighted by Gasteiger charge is 2.29. The topological polar surface area (TPSA) is 102 Å². The molecule has 182 valence electrons. The van der Waals surface area contributed by atoms with E-state index in [-0.39, 0.29) is 17.5 Å². The standard InChI is InChI=1S/C28H24IN3O4/c29-25-23(13-12-22-24(25)26(33)21(16-31-22)28(35)36)30-15-20-7-4-14-32(20)27(34)19-10-8-18(9-11-19)17-5-2-1-3-6-17/h1-3,5-6,8-13,16,20,30H,4,7,14-15H2,(H,31,33)(H,35,36). The largest absolute Gasteiger partial charge is 0.477 e. The normalized spacial score (nSPS) is 15.2. The van der Waals surface area contributed by atoms with Gasteiger partial charge in [0.15, 0.2) is 0 Å². The Morgan fingerprint density at radius 2 is 1.75 bits per heavy atom. The number of aromatic amines is 1. The number of halogens is 1. The molecule has 0 radical (unpaired) electrons. The van der Waals surface area contributed by atoms with Gasteiger partial charge >= 0.3 is 5.97 Å². The fourth-order valence-electron chi connectivity index (χ4n) is 4.71. The maximum absolute atomic E-state index is 13.3. The quantitative estimate of drug-likeness (QED) is 0.267. The summed E-state index contributed by atoms with van der Waals surface area (Å²) in [6.07, 6.45) is 3.04. The summed E-state index contributed by atoms with van der Waals surface area (Å²) in [7, 11) is 0. The first-order valence-electron chi connectivity index (χ1n) is 11.7. The fraction of sp³-hybridized carbons (Fsp3) is 0.179. The number of nitrogens with zero attached hydrogens (tertiary/aromatic N) is 1. The molecule has 36 heavy (non-hydrogen) atoms. The summed E-state index contributed by atoms with van der Waals surface area (Å²) in [6.45, 7) is 1.23. The molecule has 0 aliphatic carbocycles. The van der Waals surface area contributed by atoms with Gasteiger partial charge in [-0.05, 0) is 70.8 Å². The number of hydrogen-bond donors (Lipinski definition) is 3. The number of benzene rings is 3. The van der Waals surface area contributed by atoms with Crippen LogP contribution in [0.4, 0.5) is 5.69 Å². The van der Waals surface area contributed by atoms with E-state index in [4.69, 9.17) is 0 Å². The van der Waals surface area contributed by atoms with Crippen LogP contribution in [0.25, 0.3) is 22.0 Å². The molecule has 2 heterocycles. The molecule has 1 fully saturated rings. The summed E-state index contributed by atoms with van der Waals surface area (Å²) in [5, 5.41) is 13.0. The first-order valence-corrected chi connectivity index (χ1v) is 12.8. The number of rotatable bonds is 6. The van der Waals surface area contributed by atoms with Gasteiger partial charge in [-0.3, -0.25) is 9.59 Å². The fourth-order valence-corrected chi connectivity index (χ4v) is 5.61. The lowest BCUT2D eigenvalue weighted by Crippen LogP contribution is -2.39. The third-order valence-electron chi connectivity index (χ3n) is 6.62. The van der Waals surface area contributed by atoms with Crippen LogP contribution in [0.15, 0.2) is 77.7 Å². The number of pyridine rings is 1. The number of fused-ring (bicyclic) bond motifs is 1. The van der Waals surface area contributed by atoms with Crippen molar-refractivity contribution in [3.8, 4) is 11.1 Å². The van der Waals surface area contributed by atoms with Crippen molar-refractivity contribution in [2.45, 2.75) is 18.9 Å². The van der Waals surface area contributed by atoms with Gasteiger partial charge in [-0.1, -0.05) is 42.5 Å². The van der Waals surface area contributed by atoms with Crippen molar-refractivity contribution in [3.05, 3.63) is 97.8 Å². The average Bonchev–Trinajstić information content (AvgIpc) is 3.37. The lowest BCUT2D eigenvalue weighted by molar-refractivity contribution is 0.0693. The van der Waals surface area contributed by atoms with Crippen molar-refractivity contribution in [2.24, 2.45) is 0 Å². The van der Waals surface area contributed by atoms with Crippen LogP contribution < -0.4 is 10.7 Å². The van der Waals surface area contributed by atoms with Crippen LogP contribution in [-0.2, 0) is 0 Å². The van der Waals surface area contributed by atoms with E-state index in [0.29, 0.717) is 33.1 Å². The summed E-state index contributed by atoms with van der Waals surface area (Å²) in [4.78, 5) is 42.2. The predicted octanol–water partition coefficient (Wildman–Crippen LogP) is 5.21. The second kappa shape index (κ2) is 10.1. The van der Waals surface area contributed by atoms with Crippen LogP contribution in [0.2, 0.25) is 0 Å². The zero-order chi connectivity index (χ0) is 25.2. The monoisotopic (exact) mass is 593 g/mol. The van der Waals surface area contributed by atoms with Gasteiger partial charge in [-0.2, -0.15) is 0 Å². The molecule has 0 spiro atoms. The van der Waals surface area contributed by atoms with E-state index >= 15 is 0 Å². The Morgan fingerprint density at radius 1 is 1.03 bits per heavy atom. The Balaban J connectivity index is 1.32. The van der Waals surface area contributed by atoms with E-state index in [2.05, 4.69) is 32.9 Å². The molecule has 1 amide bonds. The molecular formula is C28H24IN3O4. The summed E-state index contributed by atoms with van der Waals surface area (Å²) in [5.74, 6) is -1.25. The highest BCUT2D eigenvalue weighted by Crippen LogP contribution is 2.27. The zero-order valence-corrected chi connectivity index (χ0v) is 21.5. The van der Waals surface area contributed by atoms with Gasteiger partial charge in [0.05, 0.1) is 10.9 Å². The molecule has 1 unspecified atom stereocenters. The van der Waals surface area contributed by atoms with Crippen LogP contribution >= 0.6 is 22.6 Å². The van der Waals surface area contributed by atoms with Gasteiger partial charge in [-0.15, -0.1) is 0 Å². The number of hydrogen-bond acceptors (Lipinski definition) is 4. The lowest BCUT2D eigenvalue weighted by Gasteiger charge is -2.26. The smallest absolute Gasteiger partial charge is 0.341 e. The van der Waals surface area contributed by atoms with Gasteiger partial charge in [0.1, 0.15) is 5.56 Å². The first kappa shape index (κ1) is 24.1. The predicted molar refractivity (Wildman–Crippen MR) is 149 cm³/mol. The van der Waals surface area contributed by atoms with Gasteiger partial charge in [0.2, 0.25) is 5.43 Å². The van der Waals surface area contributed by atoms with E-state index in [0.717, 1.165) is 29.7 Å². The molecule has 1 saturated heterocycles. The Bertz CT molecular complexity index is 1500. The zero-order valence-electron chi connectivity index (χ0n) is 19.3. The van der Waals surface area contributed by atoms with Gasteiger partial charge in [0.25, 0.3) is 5.91 Å². The molecule has 8 heteroatoms. The van der Waals surface area contributed by atoms with Crippen molar-refractivity contribution >= 4 is 51.1 Å². The lowest BCUT2D eigenvalue weighted by atomic mass is 10.0. The van der Waals surface area contributed by atoms with Crippen molar-refractivity contribution in [3.63, 3.8) is 0 Å². The number of nitrogens with one attached hydrogen (secondary N) is 2. The number of carboxylic acid groups (broad SMARTS) is 1. The molecule has 0 bridgehead atoms. The van der Waals surface area contributed by atoms with E-state index in [1.54, 1.807) is 6.07 Å². The third-order valence-corrected chi connectivity index (χ3v) is 7.74. The van der Waals surface area contributed by atoms with Crippen LogP contribution in [0.1, 0.15) is 33.6 Å². The Labute approximate surface area is 221 Å². The molecule has 0 saturated carbocycles. The third kappa shape index (κ3) is 4.60. The summed E-state index contributed by atoms with van der Waals surface area (Å²) in [6, 6.07) is 21.4. The SMILES string of the molecule is O=C(O)c1c[nH]c2ccc(NCC3CCCN3C(=O)c3ccc(-c4ccccc4)cc3)c(I)c2c1=O. The molecular weight excluding hydrogens is 569 g/mol. The molecule has 1 aromatic heterocycles. The molecule has 1 atom stereocenters. The molecule has 1 aliphatic rings. The maximum Gasteiger partial charge on any atom is 0.341 e. The molecule has 4 aromatic rings. The van der Waals surface area contributed by atoms with Gasteiger partial charge < -0.3 is 20.3 Å². The second-order valence-electron chi connectivity index (χ2n) is 8.81. The molecule has 5 rings (SSSR count). The second-order valence-corrected chi connectivity index (χ2v) is 9.88. The van der Waals surface area contributed by atoms with Crippen LogP contribution in [0.3, 0.4) is 0 Å². The Hall–Kier alpha value is -3.66. The Morgan fingerprint density at radius 3 is 2.47 bits per heavy atom. The van der Waals surface area contributed by atoms with E-state index in [1.807, 2.05) is 65.6 Å². The number of carbonyl (C=O) groups excluding carboxylic acids is 1. The summed E-state index contributed by atoms with van der Waals surface area (Å²) in [5.41, 5.74) is 3.36. The van der Waals surface area contributed by atoms with Gasteiger partial charge in [-0.25, -0.2) is 4.79 Å². The van der Waals surface area contributed by atoms with E-state index in [9.17, 15) is 19.5 Å². The van der Waals surface area contributed by atoms with Crippen LogP contribution in [-0.4, -0.2) is 46.0 Å². The first-order chi connectivity index (χ1) is 17.4. The van der Waals surface area contributed by atoms with Crippen molar-refractivity contribution in [1.29, 1.82) is 0 Å². The number of likely N-dealkylation sites (tertiary alicyclic amines) is 1. The minimum Gasteiger partial charge on any atom is -0.477 e. The number of aromatic carboxylic acids is 1. The minimum absolute atomic E-state index is 0.00895. The molecule has 3 N–H and O–H groups in total. The van der Waals surface area contributed by atoms with E-state index < -0.39 is 11.4 Å². The molecule has 3 aromatic carbocycles. The number of anilines is 1. The summed E-state index contributed by atoms with van der Waals surface area (Å²) >= 11 is 2.07. The van der Waals surface area contributed by atoms with Crippen molar-refractivity contribution in [2.75, 3.05) is 18.4 Å². The molecule has 1 aliphatic heterocycles. The highest BCUT2D eigenvalue weighted by atomic mass is 127. The average molecular weight is 593 g/mol. The Kier molecular flexibility index (Phi) is 6.77. The molecule has 7 nitrogen and oxygen atoms in total. The number of amides is 1. The number of H-pyrrole nitrogens is 1. The number of carbonyl (C=O) groups is 2. The highest BCUT2D eigenvalue weighted by molar-refractivity contribution is 14.1. The van der Waals surface area contributed by atoms with Crippen LogP contribution in [0.5, 0.6) is 0 Å². The van der Waals surface area contributed by atoms with Crippen LogP contribution in [0, 0.1) is 3.57 Å².